The smallest absolute Gasteiger partial charge is 0.416 e. The third kappa shape index (κ3) is 5.02. The lowest BCUT2D eigenvalue weighted by Gasteiger charge is -2.10. The highest BCUT2D eigenvalue weighted by Gasteiger charge is 2.30. The SMILES string of the molecule is COc1cccc(CC(=O)NCc2cccc(C(F)(F)F)c2)c1. The quantitative estimate of drug-likeness (QED) is 0.913. The van der Waals surface area contributed by atoms with Crippen molar-refractivity contribution in [3.63, 3.8) is 0 Å². The summed E-state index contributed by atoms with van der Waals surface area (Å²) >= 11 is 0. The number of alkyl halides is 3. The molecule has 3 nitrogen and oxygen atoms in total. The standard InChI is InChI=1S/C17H16F3NO2/c1-23-15-7-3-4-12(9-15)10-16(22)21-11-13-5-2-6-14(8-13)17(18,19)20/h2-9H,10-11H2,1H3,(H,21,22). The lowest BCUT2D eigenvalue weighted by atomic mass is 10.1. The van der Waals surface area contributed by atoms with Gasteiger partial charge in [0.25, 0.3) is 0 Å². The molecule has 2 aromatic carbocycles. The van der Waals surface area contributed by atoms with Gasteiger partial charge < -0.3 is 10.1 Å². The van der Waals surface area contributed by atoms with Gasteiger partial charge in [-0.25, -0.2) is 0 Å². The molecule has 0 atom stereocenters. The van der Waals surface area contributed by atoms with Gasteiger partial charge in [0, 0.05) is 6.54 Å². The molecule has 0 heterocycles. The van der Waals surface area contributed by atoms with Crippen molar-refractivity contribution in [2.75, 3.05) is 7.11 Å². The zero-order chi connectivity index (χ0) is 16.9. The van der Waals surface area contributed by atoms with Crippen LogP contribution in [0.1, 0.15) is 16.7 Å². The molecule has 0 bridgehead atoms. The maximum atomic E-state index is 12.6. The number of carbonyl (C=O) groups is 1. The fourth-order valence-electron chi connectivity index (χ4n) is 2.09. The Morgan fingerprint density at radius 1 is 1.09 bits per heavy atom. The highest BCUT2D eigenvalue weighted by molar-refractivity contribution is 5.78. The second kappa shape index (κ2) is 7.17. The number of ether oxygens (including phenoxy) is 1. The third-order valence-corrected chi connectivity index (χ3v) is 3.24. The maximum Gasteiger partial charge on any atom is 0.416 e. The van der Waals surface area contributed by atoms with Crippen LogP contribution in [0.5, 0.6) is 5.75 Å². The molecular formula is C17H16F3NO2. The van der Waals surface area contributed by atoms with Crippen LogP contribution < -0.4 is 10.1 Å². The van der Waals surface area contributed by atoms with Crippen LogP contribution in [0.3, 0.4) is 0 Å². The first kappa shape index (κ1) is 16.9. The molecule has 0 aliphatic carbocycles. The summed E-state index contributed by atoms with van der Waals surface area (Å²) in [7, 11) is 1.53. The van der Waals surface area contributed by atoms with E-state index < -0.39 is 11.7 Å². The van der Waals surface area contributed by atoms with E-state index in [1.165, 1.54) is 13.2 Å². The Morgan fingerprint density at radius 2 is 1.78 bits per heavy atom. The summed E-state index contributed by atoms with van der Waals surface area (Å²) in [5, 5.41) is 2.62. The summed E-state index contributed by atoms with van der Waals surface area (Å²) in [6.45, 7) is 0.0483. The Kier molecular flexibility index (Phi) is 5.26. The summed E-state index contributed by atoms with van der Waals surface area (Å²) in [6.07, 6.45) is -4.25. The monoisotopic (exact) mass is 323 g/mol. The zero-order valence-corrected chi connectivity index (χ0v) is 12.5. The number of hydrogen-bond acceptors (Lipinski definition) is 2. The van der Waals surface area contributed by atoms with Crippen LogP contribution in [0.4, 0.5) is 13.2 Å². The molecule has 1 N–H and O–H groups in total. The maximum absolute atomic E-state index is 12.6. The molecular weight excluding hydrogens is 307 g/mol. The third-order valence-electron chi connectivity index (χ3n) is 3.24. The van der Waals surface area contributed by atoms with Crippen LogP contribution in [0.2, 0.25) is 0 Å². The van der Waals surface area contributed by atoms with Crippen molar-refractivity contribution in [3.05, 3.63) is 65.2 Å². The first-order valence-electron chi connectivity index (χ1n) is 6.94. The molecule has 23 heavy (non-hydrogen) atoms. The average molecular weight is 323 g/mol. The largest absolute Gasteiger partial charge is 0.497 e. The van der Waals surface area contributed by atoms with Crippen molar-refractivity contribution in [3.8, 4) is 5.75 Å². The predicted molar refractivity (Wildman–Crippen MR) is 80.0 cm³/mol. The molecule has 0 aliphatic rings. The van der Waals surface area contributed by atoms with Crippen LogP contribution in [0, 0.1) is 0 Å². The van der Waals surface area contributed by atoms with Gasteiger partial charge in [0.1, 0.15) is 5.75 Å². The number of amides is 1. The normalized spacial score (nSPS) is 11.1. The van der Waals surface area contributed by atoms with Gasteiger partial charge in [-0.1, -0.05) is 24.3 Å². The van der Waals surface area contributed by atoms with Crippen molar-refractivity contribution in [1.29, 1.82) is 0 Å². The zero-order valence-electron chi connectivity index (χ0n) is 12.5. The molecule has 1 amide bonds. The molecule has 0 saturated heterocycles. The second-order valence-corrected chi connectivity index (χ2v) is 5.00. The predicted octanol–water partition coefficient (Wildman–Crippen LogP) is 3.57. The minimum atomic E-state index is -4.39. The highest BCUT2D eigenvalue weighted by Crippen LogP contribution is 2.29. The molecule has 6 heteroatoms. The Hall–Kier alpha value is -2.50. The van der Waals surface area contributed by atoms with Gasteiger partial charge in [0.2, 0.25) is 5.91 Å². The lowest BCUT2D eigenvalue weighted by Crippen LogP contribution is -2.24. The van der Waals surface area contributed by atoms with E-state index in [0.717, 1.165) is 17.7 Å². The number of rotatable bonds is 5. The van der Waals surface area contributed by atoms with Crippen LogP contribution >= 0.6 is 0 Å². The van der Waals surface area contributed by atoms with Gasteiger partial charge in [0.15, 0.2) is 0 Å². The van der Waals surface area contributed by atoms with Crippen molar-refractivity contribution in [2.24, 2.45) is 0 Å². The summed E-state index contributed by atoms with van der Waals surface area (Å²) < 4.78 is 43.0. The Morgan fingerprint density at radius 3 is 2.48 bits per heavy atom. The molecule has 0 unspecified atom stereocenters. The topological polar surface area (TPSA) is 38.3 Å². The van der Waals surface area contributed by atoms with Crippen LogP contribution in [-0.2, 0) is 23.9 Å². The van der Waals surface area contributed by atoms with E-state index in [1.807, 2.05) is 0 Å². The van der Waals surface area contributed by atoms with Crippen LogP contribution in [-0.4, -0.2) is 13.0 Å². The Bertz CT molecular complexity index is 684. The number of benzene rings is 2. The number of carbonyl (C=O) groups excluding carboxylic acids is 1. The van der Waals surface area contributed by atoms with Gasteiger partial charge >= 0.3 is 6.18 Å². The van der Waals surface area contributed by atoms with Crippen molar-refractivity contribution < 1.29 is 22.7 Å². The number of halogens is 3. The van der Waals surface area contributed by atoms with Gasteiger partial charge in [0.05, 0.1) is 19.1 Å². The van der Waals surface area contributed by atoms with Crippen molar-refractivity contribution in [1.82, 2.24) is 5.32 Å². The van der Waals surface area contributed by atoms with E-state index in [9.17, 15) is 18.0 Å². The number of nitrogens with one attached hydrogen (secondary N) is 1. The van der Waals surface area contributed by atoms with Crippen molar-refractivity contribution >= 4 is 5.91 Å². The Labute approximate surface area is 132 Å². The summed E-state index contributed by atoms with van der Waals surface area (Å²) in [5.74, 6) is 0.379. The first-order chi connectivity index (χ1) is 10.9. The number of methoxy groups -OCH3 is 1. The second-order valence-electron chi connectivity index (χ2n) is 5.00. The summed E-state index contributed by atoms with van der Waals surface area (Å²) in [5.41, 5.74) is 0.446. The number of hydrogen-bond donors (Lipinski definition) is 1. The van der Waals surface area contributed by atoms with E-state index in [0.29, 0.717) is 11.3 Å². The van der Waals surface area contributed by atoms with E-state index >= 15 is 0 Å². The molecule has 0 aromatic heterocycles. The molecule has 122 valence electrons. The van der Waals surface area contributed by atoms with Gasteiger partial charge in [-0.3, -0.25) is 4.79 Å². The van der Waals surface area contributed by atoms with Crippen LogP contribution in [0.25, 0.3) is 0 Å². The first-order valence-corrected chi connectivity index (χ1v) is 6.94. The fourth-order valence-corrected chi connectivity index (χ4v) is 2.09. The fraction of sp³-hybridized carbons (Fsp3) is 0.235. The lowest BCUT2D eigenvalue weighted by molar-refractivity contribution is -0.137. The molecule has 2 rings (SSSR count). The van der Waals surface area contributed by atoms with Crippen molar-refractivity contribution in [2.45, 2.75) is 19.1 Å². The molecule has 0 fully saturated rings. The van der Waals surface area contributed by atoms with Gasteiger partial charge in [-0.05, 0) is 35.4 Å². The minimum absolute atomic E-state index is 0.0483. The summed E-state index contributed by atoms with van der Waals surface area (Å²) in [4.78, 5) is 11.9. The Balaban J connectivity index is 1.94. The molecule has 0 radical (unpaired) electrons. The highest BCUT2D eigenvalue weighted by atomic mass is 19.4. The molecule has 0 saturated carbocycles. The molecule has 2 aromatic rings. The molecule has 0 aliphatic heterocycles. The van der Waals surface area contributed by atoms with E-state index in [-0.39, 0.29) is 18.9 Å². The molecule has 0 spiro atoms. The average Bonchev–Trinajstić information content (AvgIpc) is 2.52. The minimum Gasteiger partial charge on any atom is -0.497 e. The van der Waals surface area contributed by atoms with E-state index in [1.54, 1.807) is 30.3 Å². The summed E-state index contributed by atoms with van der Waals surface area (Å²) in [6, 6.07) is 12.0. The van der Waals surface area contributed by atoms with Gasteiger partial charge in [-0.15, -0.1) is 0 Å². The van der Waals surface area contributed by atoms with Crippen LogP contribution in [0.15, 0.2) is 48.5 Å². The van der Waals surface area contributed by atoms with E-state index in [2.05, 4.69) is 5.32 Å². The van der Waals surface area contributed by atoms with E-state index in [4.69, 9.17) is 4.74 Å². The van der Waals surface area contributed by atoms with Gasteiger partial charge in [-0.2, -0.15) is 13.2 Å².